The van der Waals surface area contributed by atoms with Gasteiger partial charge in [0.1, 0.15) is 12.3 Å². The maximum atomic E-state index is 11.9. The molecule has 20 heavy (non-hydrogen) atoms. The second kappa shape index (κ2) is 6.46. The molecule has 0 fully saturated rings. The first-order chi connectivity index (χ1) is 9.61. The molecule has 2 rings (SSSR count). The van der Waals surface area contributed by atoms with E-state index in [0.717, 1.165) is 29.6 Å². The molecule has 0 aliphatic heterocycles. The van der Waals surface area contributed by atoms with Crippen LogP contribution in [0.1, 0.15) is 20.3 Å². The van der Waals surface area contributed by atoms with Crippen LogP contribution in [0.4, 0.5) is 0 Å². The third kappa shape index (κ3) is 3.32. The normalized spacial score (nSPS) is 11.0. The maximum absolute atomic E-state index is 11.9. The van der Waals surface area contributed by atoms with Crippen LogP contribution in [0.15, 0.2) is 30.5 Å². The monoisotopic (exact) mass is 274 g/mol. The number of carbonyl (C=O) groups is 1. The smallest absolute Gasteiger partial charge is 0.239 e. The summed E-state index contributed by atoms with van der Waals surface area (Å²) in [5, 5.41) is 3.99. The molecule has 0 saturated heterocycles. The van der Waals surface area contributed by atoms with Crippen molar-refractivity contribution in [3.8, 4) is 5.75 Å². The molecule has 0 aliphatic carbocycles. The number of amides is 1. The molecule has 0 unspecified atom stereocenters. The number of carbonyl (C=O) groups excluding carboxylic acids is 1. The second-order valence-corrected chi connectivity index (χ2v) is 5.37. The Kier molecular flexibility index (Phi) is 4.66. The molecule has 1 aromatic heterocycles. The van der Waals surface area contributed by atoms with Crippen LogP contribution in [0.25, 0.3) is 10.9 Å². The van der Waals surface area contributed by atoms with Crippen molar-refractivity contribution in [2.45, 2.75) is 26.8 Å². The van der Waals surface area contributed by atoms with Gasteiger partial charge in [0.2, 0.25) is 5.91 Å². The van der Waals surface area contributed by atoms with Gasteiger partial charge in [-0.15, -0.1) is 0 Å². The molecule has 108 valence electrons. The van der Waals surface area contributed by atoms with Crippen LogP contribution in [0.5, 0.6) is 5.75 Å². The van der Waals surface area contributed by atoms with Gasteiger partial charge in [0, 0.05) is 18.1 Å². The predicted molar refractivity (Wildman–Crippen MR) is 81.0 cm³/mol. The number of aromatic nitrogens is 1. The fraction of sp³-hybridized carbons (Fsp3) is 0.438. The molecule has 0 atom stereocenters. The van der Waals surface area contributed by atoms with Gasteiger partial charge in [-0.05, 0) is 30.5 Å². The predicted octanol–water partition coefficient (Wildman–Crippen LogP) is 2.81. The van der Waals surface area contributed by atoms with Gasteiger partial charge in [-0.25, -0.2) is 0 Å². The highest BCUT2D eigenvalue weighted by atomic mass is 16.5. The quantitative estimate of drug-likeness (QED) is 0.880. The van der Waals surface area contributed by atoms with Gasteiger partial charge in [0.15, 0.2) is 0 Å². The Morgan fingerprint density at radius 1 is 1.35 bits per heavy atom. The number of nitrogens with zero attached hydrogens (tertiary/aromatic N) is 1. The second-order valence-electron chi connectivity index (χ2n) is 5.37. The summed E-state index contributed by atoms with van der Waals surface area (Å²) in [5.41, 5.74) is 1.02. The lowest BCUT2D eigenvalue weighted by atomic mass is 10.1. The van der Waals surface area contributed by atoms with Gasteiger partial charge in [-0.1, -0.05) is 19.9 Å². The molecular weight excluding hydrogens is 252 g/mol. The number of methoxy groups -OCH3 is 1. The molecule has 0 aliphatic rings. The summed E-state index contributed by atoms with van der Waals surface area (Å²) >= 11 is 0. The van der Waals surface area contributed by atoms with E-state index in [2.05, 4.69) is 19.2 Å². The Labute approximate surface area is 119 Å². The lowest BCUT2D eigenvalue weighted by molar-refractivity contribution is -0.121. The molecule has 1 heterocycles. The summed E-state index contributed by atoms with van der Waals surface area (Å²) in [7, 11) is 1.66. The molecule has 1 N–H and O–H groups in total. The minimum atomic E-state index is 0.0472. The third-order valence-corrected chi connectivity index (χ3v) is 3.35. The van der Waals surface area contributed by atoms with Gasteiger partial charge >= 0.3 is 0 Å². The van der Waals surface area contributed by atoms with Gasteiger partial charge in [-0.3, -0.25) is 4.79 Å². The van der Waals surface area contributed by atoms with Gasteiger partial charge in [0.05, 0.1) is 12.6 Å². The van der Waals surface area contributed by atoms with Gasteiger partial charge < -0.3 is 14.6 Å². The first kappa shape index (κ1) is 14.4. The highest BCUT2D eigenvalue weighted by Crippen LogP contribution is 2.25. The summed E-state index contributed by atoms with van der Waals surface area (Å²) in [5.74, 6) is 1.49. The molecule has 0 spiro atoms. The Hall–Kier alpha value is -1.97. The standard InChI is InChI=1S/C16H22N2O2/c1-12(2)7-9-17-16(19)11-18-10-8-13-14(18)5-4-6-15(13)20-3/h4-6,8,10,12H,7,9,11H2,1-3H3,(H,17,19). The zero-order valence-corrected chi connectivity index (χ0v) is 12.3. The Balaban J connectivity index is 2.05. The fourth-order valence-corrected chi connectivity index (χ4v) is 2.22. The van der Waals surface area contributed by atoms with Crippen molar-refractivity contribution in [2.24, 2.45) is 5.92 Å². The summed E-state index contributed by atoms with van der Waals surface area (Å²) in [6, 6.07) is 7.85. The van der Waals surface area contributed by atoms with Crippen molar-refractivity contribution in [1.29, 1.82) is 0 Å². The lowest BCUT2D eigenvalue weighted by Crippen LogP contribution is -2.28. The summed E-state index contributed by atoms with van der Waals surface area (Å²) in [6.07, 6.45) is 2.93. The van der Waals surface area contributed by atoms with Crippen molar-refractivity contribution in [1.82, 2.24) is 9.88 Å². The van der Waals surface area contributed by atoms with Crippen LogP contribution < -0.4 is 10.1 Å². The molecule has 4 heteroatoms. The Morgan fingerprint density at radius 3 is 2.85 bits per heavy atom. The maximum Gasteiger partial charge on any atom is 0.239 e. The zero-order chi connectivity index (χ0) is 14.5. The first-order valence-electron chi connectivity index (χ1n) is 7.00. The minimum Gasteiger partial charge on any atom is -0.496 e. The van der Waals surface area contributed by atoms with E-state index in [-0.39, 0.29) is 5.91 Å². The first-order valence-corrected chi connectivity index (χ1v) is 7.00. The lowest BCUT2D eigenvalue weighted by Gasteiger charge is -2.09. The molecule has 1 aromatic carbocycles. The molecule has 0 saturated carbocycles. The van der Waals surface area contributed by atoms with E-state index in [9.17, 15) is 4.79 Å². The van der Waals surface area contributed by atoms with Crippen LogP contribution in [0.3, 0.4) is 0 Å². The number of hydrogen-bond donors (Lipinski definition) is 1. The fourth-order valence-electron chi connectivity index (χ4n) is 2.22. The molecule has 0 radical (unpaired) electrons. The number of rotatable bonds is 6. The highest BCUT2D eigenvalue weighted by molar-refractivity contribution is 5.88. The van der Waals surface area contributed by atoms with E-state index < -0.39 is 0 Å². The van der Waals surface area contributed by atoms with Crippen molar-refractivity contribution < 1.29 is 9.53 Å². The van der Waals surface area contributed by atoms with E-state index in [1.807, 2.05) is 35.0 Å². The average molecular weight is 274 g/mol. The number of fused-ring (bicyclic) bond motifs is 1. The minimum absolute atomic E-state index is 0.0472. The van der Waals surface area contributed by atoms with Crippen molar-refractivity contribution in [3.63, 3.8) is 0 Å². The van der Waals surface area contributed by atoms with Gasteiger partial charge in [0.25, 0.3) is 0 Å². The topological polar surface area (TPSA) is 43.3 Å². The summed E-state index contributed by atoms with van der Waals surface area (Å²) in [6.45, 7) is 5.38. The highest BCUT2D eigenvalue weighted by Gasteiger charge is 2.08. The molecule has 2 aromatic rings. The zero-order valence-electron chi connectivity index (χ0n) is 12.3. The van der Waals surface area contributed by atoms with Crippen molar-refractivity contribution >= 4 is 16.8 Å². The number of ether oxygens (including phenoxy) is 1. The average Bonchev–Trinajstić information content (AvgIpc) is 2.81. The van der Waals surface area contributed by atoms with E-state index in [1.54, 1.807) is 7.11 Å². The summed E-state index contributed by atoms with van der Waals surface area (Å²) in [4.78, 5) is 11.9. The summed E-state index contributed by atoms with van der Waals surface area (Å²) < 4.78 is 7.27. The third-order valence-electron chi connectivity index (χ3n) is 3.35. The SMILES string of the molecule is COc1cccc2c1ccn2CC(=O)NCCC(C)C. The van der Waals surface area contributed by atoms with E-state index >= 15 is 0 Å². The van der Waals surface area contributed by atoms with Crippen LogP contribution >= 0.6 is 0 Å². The number of hydrogen-bond acceptors (Lipinski definition) is 2. The van der Waals surface area contributed by atoms with Crippen molar-refractivity contribution in [3.05, 3.63) is 30.5 Å². The van der Waals surface area contributed by atoms with Gasteiger partial charge in [-0.2, -0.15) is 0 Å². The molecular formula is C16H22N2O2. The van der Waals surface area contributed by atoms with E-state index in [0.29, 0.717) is 12.5 Å². The van der Waals surface area contributed by atoms with Crippen molar-refractivity contribution in [2.75, 3.05) is 13.7 Å². The molecule has 0 bridgehead atoms. The van der Waals surface area contributed by atoms with Crippen LogP contribution in [0, 0.1) is 5.92 Å². The Morgan fingerprint density at radius 2 is 2.15 bits per heavy atom. The van der Waals surface area contributed by atoms with Crippen LogP contribution in [-0.4, -0.2) is 24.1 Å². The Bertz CT molecular complexity index is 587. The van der Waals surface area contributed by atoms with E-state index in [1.165, 1.54) is 0 Å². The van der Waals surface area contributed by atoms with Crippen LogP contribution in [0.2, 0.25) is 0 Å². The van der Waals surface area contributed by atoms with Crippen LogP contribution in [-0.2, 0) is 11.3 Å². The van der Waals surface area contributed by atoms with E-state index in [4.69, 9.17) is 4.74 Å². The largest absolute Gasteiger partial charge is 0.496 e. The molecule has 4 nitrogen and oxygen atoms in total. The number of benzene rings is 1. The molecule has 1 amide bonds. The number of nitrogens with one attached hydrogen (secondary N) is 1.